The van der Waals surface area contributed by atoms with E-state index in [4.69, 9.17) is 0 Å². The lowest BCUT2D eigenvalue weighted by Crippen LogP contribution is -2.35. The summed E-state index contributed by atoms with van der Waals surface area (Å²) in [6.07, 6.45) is 4.08. The van der Waals surface area contributed by atoms with Crippen LogP contribution < -0.4 is 5.32 Å². The van der Waals surface area contributed by atoms with E-state index in [0.29, 0.717) is 6.42 Å². The molecule has 0 spiro atoms. The van der Waals surface area contributed by atoms with Crippen LogP contribution in [0.4, 0.5) is 0 Å². The van der Waals surface area contributed by atoms with Gasteiger partial charge in [0.2, 0.25) is 5.91 Å². The number of piperidine rings is 1. The lowest BCUT2D eigenvalue weighted by Gasteiger charge is -2.29. The molecule has 5 nitrogen and oxygen atoms in total. The third-order valence-corrected chi connectivity index (χ3v) is 4.21. The number of nitrogens with zero attached hydrogens (tertiary/aromatic N) is 2. The van der Waals surface area contributed by atoms with Gasteiger partial charge >= 0.3 is 0 Å². The quantitative estimate of drug-likeness (QED) is 0.856. The first-order valence-electron chi connectivity index (χ1n) is 7.52. The average molecular weight is 278 g/mol. The molecule has 0 saturated carbocycles. The van der Waals surface area contributed by atoms with Gasteiger partial charge in [0.05, 0.1) is 12.1 Å². The van der Waals surface area contributed by atoms with Gasteiger partial charge in [0, 0.05) is 24.3 Å². The van der Waals surface area contributed by atoms with Crippen LogP contribution >= 0.6 is 0 Å². The third-order valence-electron chi connectivity index (χ3n) is 4.21. The van der Waals surface area contributed by atoms with Crippen LogP contribution in [0.2, 0.25) is 0 Å². The molecule has 2 N–H and O–H groups in total. The Bertz CT molecular complexity index is 435. The molecule has 1 atom stereocenters. The molecule has 5 heteroatoms. The van der Waals surface area contributed by atoms with Gasteiger partial charge in [0.25, 0.3) is 0 Å². The normalized spacial score (nSPS) is 20.1. The summed E-state index contributed by atoms with van der Waals surface area (Å²) < 4.78 is 0. The first kappa shape index (κ1) is 15.0. The van der Waals surface area contributed by atoms with Gasteiger partial charge in [-0.3, -0.25) is 9.89 Å². The fourth-order valence-electron chi connectivity index (χ4n) is 2.98. The van der Waals surface area contributed by atoms with E-state index in [2.05, 4.69) is 27.5 Å². The van der Waals surface area contributed by atoms with Gasteiger partial charge in [-0.25, -0.2) is 0 Å². The van der Waals surface area contributed by atoms with Crippen LogP contribution in [-0.2, 0) is 11.2 Å². The molecule has 1 saturated heterocycles. The topological polar surface area (TPSA) is 61.0 Å². The zero-order chi connectivity index (χ0) is 14.5. The molecule has 1 aromatic heterocycles. The van der Waals surface area contributed by atoms with Crippen molar-refractivity contribution < 1.29 is 4.79 Å². The minimum Gasteiger partial charge on any atom is -0.356 e. The molecule has 1 fully saturated rings. The Morgan fingerprint density at radius 1 is 1.50 bits per heavy atom. The Balaban J connectivity index is 1.70. The van der Waals surface area contributed by atoms with Gasteiger partial charge in [-0.1, -0.05) is 0 Å². The Kier molecular flexibility index (Phi) is 5.17. The molecule has 2 rings (SSSR count). The lowest BCUT2D eigenvalue weighted by atomic mass is 9.95. The molecule has 1 aliphatic heterocycles. The van der Waals surface area contributed by atoms with Crippen molar-refractivity contribution in [2.45, 2.75) is 39.5 Å². The van der Waals surface area contributed by atoms with E-state index < -0.39 is 0 Å². The van der Waals surface area contributed by atoms with Crippen molar-refractivity contribution in [2.24, 2.45) is 5.92 Å². The zero-order valence-corrected chi connectivity index (χ0v) is 12.8. The summed E-state index contributed by atoms with van der Waals surface area (Å²) in [5.74, 6) is 0.827. The second kappa shape index (κ2) is 6.88. The smallest absolute Gasteiger partial charge is 0.224 e. The number of aromatic nitrogens is 2. The number of likely N-dealkylation sites (tertiary alicyclic amines) is 1. The molecule has 20 heavy (non-hydrogen) atoms. The van der Waals surface area contributed by atoms with E-state index in [1.165, 1.54) is 19.4 Å². The maximum Gasteiger partial charge on any atom is 0.224 e. The van der Waals surface area contributed by atoms with Crippen LogP contribution in [-0.4, -0.2) is 47.7 Å². The number of nitrogens with one attached hydrogen (secondary N) is 2. The summed E-state index contributed by atoms with van der Waals surface area (Å²) in [5, 5.41) is 10.1. The Morgan fingerprint density at radius 2 is 2.30 bits per heavy atom. The SMILES string of the molecule is Cc1n[nH]c(C)c1CC(=O)NCC[C@H]1CCCN(C)C1. The van der Waals surface area contributed by atoms with Crippen molar-refractivity contribution in [2.75, 3.05) is 26.7 Å². The monoisotopic (exact) mass is 278 g/mol. The van der Waals surface area contributed by atoms with Crippen molar-refractivity contribution in [3.8, 4) is 0 Å². The second-order valence-corrected chi connectivity index (χ2v) is 6.00. The number of aryl methyl sites for hydroxylation is 2. The molecular weight excluding hydrogens is 252 g/mol. The molecular formula is C15H26N4O. The van der Waals surface area contributed by atoms with Crippen molar-refractivity contribution in [3.05, 3.63) is 17.0 Å². The molecule has 0 unspecified atom stereocenters. The van der Waals surface area contributed by atoms with E-state index >= 15 is 0 Å². The molecule has 1 aromatic rings. The average Bonchev–Trinajstić information content (AvgIpc) is 2.71. The van der Waals surface area contributed by atoms with Gasteiger partial charge in [0.15, 0.2) is 0 Å². The minimum absolute atomic E-state index is 0.0989. The number of hydrogen-bond acceptors (Lipinski definition) is 3. The summed E-state index contributed by atoms with van der Waals surface area (Å²) >= 11 is 0. The van der Waals surface area contributed by atoms with E-state index in [9.17, 15) is 4.79 Å². The van der Waals surface area contributed by atoms with E-state index in [1.54, 1.807) is 0 Å². The van der Waals surface area contributed by atoms with Crippen molar-refractivity contribution in [3.63, 3.8) is 0 Å². The number of carbonyl (C=O) groups excluding carboxylic acids is 1. The summed E-state index contributed by atoms with van der Waals surface area (Å²) in [6, 6.07) is 0. The van der Waals surface area contributed by atoms with Crippen LogP contribution in [0.5, 0.6) is 0 Å². The minimum atomic E-state index is 0.0989. The Hall–Kier alpha value is -1.36. The zero-order valence-electron chi connectivity index (χ0n) is 12.8. The largest absolute Gasteiger partial charge is 0.356 e. The van der Waals surface area contributed by atoms with Gasteiger partial charge < -0.3 is 10.2 Å². The van der Waals surface area contributed by atoms with Gasteiger partial charge in [-0.2, -0.15) is 5.10 Å². The lowest BCUT2D eigenvalue weighted by molar-refractivity contribution is -0.120. The first-order valence-corrected chi connectivity index (χ1v) is 7.52. The Labute approximate surface area is 121 Å². The van der Waals surface area contributed by atoms with E-state index in [-0.39, 0.29) is 5.91 Å². The molecule has 1 amide bonds. The molecule has 2 heterocycles. The first-order chi connectivity index (χ1) is 9.56. The molecule has 112 valence electrons. The standard InChI is InChI=1S/C15H26N4O/c1-11-14(12(2)18-17-11)9-15(20)16-7-6-13-5-4-8-19(3)10-13/h13H,4-10H2,1-3H3,(H,16,20)(H,17,18)/t13-/m1/s1. The highest BCUT2D eigenvalue weighted by atomic mass is 16.1. The van der Waals surface area contributed by atoms with Crippen LogP contribution in [0.1, 0.15) is 36.2 Å². The molecule has 0 aromatic carbocycles. The number of rotatable bonds is 5. The number of hydrogen-bond donors (Lipinski definition) is 2. The van der Waals surface area contributed by atoms with Crippen LogP contribution in [0, 0.1) is 19.8 Å². The molecule has 0 radical (unpaired) electrons. The number of H-pyrrole nitrogens is 1. The van der Waals surface area contributed by atoms with Crippen molar-refractivity contribution >= 4 is 5.91 Å². The maximum atomic E-state index is 12.0. The number of aromatic amines is 1. The van der Waals surface area contributed by atoms with Crippen LogP contribution in [0.3, 0.4) is 0 Å². The highest BCUT2D eigenvalue weighted by Crippen LogP contribution is 2.17. The van der Waals surface area contributed by atoms with Crippen molar-refractivity contribution in [1.29, 1.82) is 0 Å². The maximum absolute atomic E-state index is 12.0. The van der Waals surface area contributed by atoms with Crippen LogP contribution in [0.15, 0.2) is 0 Å². The fraction of sp³-hybridized carbons (Fsp3) is 0.733. The Morgan fingerprint density at radius 3 is 2.95 bits per heavy atom. The summed E-state index contributed by atoms with van der Waals surface area (Å²) in [5.41, 5.74) is 2.94. The van der Waals surface area contributed by atoms with Gasteiger partial charge in [-0.15, -0.1) is 0 Å². The predicted octanol–water partition coefficient (Wildman–Crippen LogP) is 1.42. The molecule has 0 aliphatic carbocycles. The van der Waals surface area contributed by atoms with Crippen molar-refractivity contribution in [1.82, 2.24) is 20.4 Å². The summed E-state index contributed by atoms with van der Waals surface area (Å²) in [6.45, 7) is 7.05. The molecule has 0 bridgehead atoms. The van der Waals surface area contributed by atoms with E-state index in [0.717, 1.165) is 42.4 Å². The fourth-order valence-corrected chi connectivity index (χ4v) is 2.98. The number of amides is 1. The molecule has 1 aliphatic rings. The van der Waals surface area contributed by atoms with Gasteiger partial charge in [-0.05, 0) is 52.6 Å². The summed E-state index contributed by atoms with van der Waals surface area (Å²) in [7, 11) is 2.18. The highest BCUT2D eigenvalue weighted by molar-refractivity contribution is 5.79. The predicted molar refractivity (Wildman–Crippen MR) is 79.6 cm³/mol. The number of carbonyl (C=O) groups is 1. The third kappa shape index (κ3) is 4.07. The van der Waals surface area contributed by atoms with Gasteiger partial charge in [0.1, 0.15) is 0 Å². The van der Waals surface area contributed by atoms with E-state index in [1.807, 2.05) is 13.8 Å². The van der Waals surface area contributed by atoms with Crippen LogP contribution in [0.25, 0.3) is 0 Å². The summed E-state index contributed by atoms with van der Waals surface area (Å²) in [4.78, 5) is 14.3. The highest BCUT2D eigenvalue weighted by Gasteiger charge is 2.17. The second-order valence-electron chi connectivity index (χ2n) is 6.00.